The topological polar surface area (TPSA) is 50.7 Å². The van der Waals surface area contributed by atoms with Gasteiger partial charge in [0, 0.05) is 24.2 Å². The summed E-state index contributed by atoms with van der Waals surface area (Å²) in [6, 6.07) is 4.09. The average molecular weight is 280 g/mol. The minimum absolute atomic E-state index is 0.830. The van der Waals surface area contributed by atoms with Crippen molar-refractivity contribution in [2.75, 3.05) is 11.9 Å². The van der Waals surface area contributed by atoms with E-state index >= 15 is 0 Å². The Bertz CT molecular complexity index is 498. The van der Waals surface area contributed by atoms with Crippen LogP contribution in [0.2, 0.25) is 0 Å². The van der Waals surface area contributed by atoms with E-state index in [9.17, 15) is 0 Å². The van der Waals surface area contributed by atoms with Crippen LogP contribution < -0.4 is 5.32 Å². The maximum atomic E-state index is 4.36. The summed E-state index contributed by atoms with van der Waals surface area (Å²) in [5, 5.41) is 3.36. The highest BCUT2D eigenvalue weighted by molar-refractivity contribution is 8.00. The van der Waals surface area contributed by atoms with E-state index in [2.05, 4.69) is 32.6 Å². The molecule has 0 amide bonds. The molecule has 0 atom stereocenters. The molecule has 18 heavy (non-hydrogen) atoms. The second kappa shape index (κ2) is 6.70. The lowest BCUT2D eigenvalue weighted by Gasteiger charge is -2.05. The number of anilines is 1. The van der Waals surface area contributed by atoms with Gasteiger partial charge in [0.1, 0.15) is 5.82 Å². The molecule has 2 heterocycles. The highest BCUT2D eigenvalue weighted by Gasteiger charge is 2.03. The number of pyridine rings is 1. The summed E-state index contributed by atoms with van der Waals surface area (Å²) in [6.45, 7) is 5.06. The Hall–Kier alpha value is -1.14. The van der Waals surface area contributed by atoms with Crippen LogP contribution in [0, 0.1) is 6.92 Å². The smallest absolute Gasteiger partial charge is 0.170 e. The molecule has 0 saturated carbocycles. The molecule has 0 saturated heterocycles. The van der Waals surface area contributed by atoms with Gasteiger partial charge in [-0.05, 0) is 37.0 Å². The molecule has 96 valence electrons. The molecule has 0 aliphatic rings. The molecule has 0 fully saturated rings. The van der Waals surface area contributed by atoms with Crippen molar-refractivity contribution < 1.29 is 0 Å². The van der Waals surface area contributed by atoms with E-state index in [1.165, 1.54) is 11.5 Å². The summed E-state index contributed by atoms with van der Waals surface area (Å²) in [4.78, 5) is 8.69. The number of nitrogens with one attached hydrogen (secondary N) is 1. The maximum Gasteiger partial charge on any atom is 0.170 e. The van der Waals surface area contributed by atoms with Crippen molar-refractivity contribution in [1.82, 2.24) is 14.3 Å². The fraction of sp³-hybridized carbons (Fsp3) is 0.417. The minimum Gasteiger partial charge on any atom is -0.385 e. The van der Waals surface area contributed by atoms with E-state index in [0.29, 0.717) is 0 Å². The zero-order valence-corrected chi connectivity index (χ0v) is 12.1. The molecule has 2 aromatic rings. The number of nitrogens with zero attached hydrogens (tertiary/aromatic N) is 3. The summed E-state index contributed by atoms with van der Waals surface area (Å²) in [7, 11) is 0. The van der Waals surface area contributed by atoms with E-state index < -0.39 is 0 Å². The van der Waals surface area contributed by atoms with Crippen molar-refractivity contribution in [1.29, 1.82) is 0 Å². The number of rotatable bonds is 6. The first-order chi connectivity index (χ1) is 8.78. The lowest BCUT2D eigenvalue weighted by atomic mass is 10.3. The van der Waals surface area contributed by atoms with E-state index in [1.54, 1.807) is 11.8 Å². The molecular formula is C12H16N4S2. The fourth-order valence-corrected chi connectivity index (χ4v) is 2.96. The van der Waals surface area contributed by atoms with Crippen LogP contribution in [0.5, 0.6) is 0 Å². The molecule has 0 aliphatic carbocycles. The van der Waals surface area contributed by atoms with Crippen LogP contribution in [0.1, 0.15) is 24.9 Å². The molecule has 6 heteroatoms. The molecule has 0 aromatic carbocycles. The van der Waals surface area contributed by atoms with Gasteiger partial charge in [-0.15, -0.1) is 0 Å². The fourth-order valence-electron chi connectivity index (χ4n) is 1.41. The molecule has 0 unspecified atom stereocenters. The van der Waals surface area contributed by atoms with Gasteiger partial charge in [-0.2, -0.15) is 4.37 Å². The zero-order chi connectivity index (χ0) is 12.8. The highest BCUT2D eigenvalue weighted by Crippen LogP contribution is 2.24. The van der Waals surface area contributed by atoms with Crippen LogP contribution in [0.25, 0.3) is 0 Å². The summed E-state index contributed by atoms with van der Waals surface area (Å²) in [5.74, 6) is 1.67. The first kappa shape index (κ1) is 13.3. The van der Waals surface area contributed by atoms with E-state index in [4.69, 9.17) is 0 Å². The van der Waals surface area contributed by atoms with E-state index in [0.717, 1.165) is 40.3 Å². The highest BCUT2D eigenvalue weighted by atomic mass is 32.2. The monoisotopic (exact) mass is 280 g/mol. The number of thioether (sulfide) groups is 1. The lowest BCUT2D eigenvalue weighted by Crippen LogP contribution is -2.00. The quantitative estimate of drug-likeness (QED) is 0.822. The molecule has 0 spiro atoms. The van der Waals surface area contributed by atoms with Gasteiger partial charge in [-0.25, -0.2) is 4.98 Å². The summed E-state index contributed by atoms with van der Waals surface area (Å²) < 4.78 is 5.17. The van der Waals surface area contributed by atoms with Crippen molar-refractivity contribution in [3.63, 3.8) is 0 Å². The molecule has 2 aromatic heterocycles. The Morgan fingerprint density at radius 2 is 2.33 bits per heavy atom. The maximum absolute atomic E-state index is 4.36. The third-order valence-corrected chi connectivity index (χ3v) is 4.21. The van der Waals surface area contributed by atoms with Crippen LogP contribution in [0.15, 0.2) is 22.7 Å². The third-order valence-electron chi connectivity index (χ3n) is 2.25. The van der Waals surface area contributed by atoms with Crippen LogP contribution >= 0.6 is 23.3 Å². The van der Waals surface area contributed by atoms with Crippen molar-refractivity contribution >= 4 is 29.0 Å². The Morgan fingerprint density at radius 3 is 3.06 bits per heavy atom. The predicted molar refractivity (Wildman–Crippen MR) is 77.2 cm³/mol. The Balaban J connectivity index is 1.92. The average Bonchev–Trinajstić information content (AvgIpc) is 2.80. The van der Waals surface area contributed by atoms with Crippen LogP contribution in [-0.4, -0.2) is 20.9 Å². The van der Waals surface area contributed by atoms with Gasteiger partial charge in [0.2, 0.25) is 0 Å². The number of hydrogen-bond donors (Lipinski definition) is 1. The molecule has 0 bridgehead atoms. The van der Waals surface area contributed by atoms with Crippen molar-refractivity contribution in [3.8, 4) is 0 Å². The van der Waals surface area contributed by atoms with E-state index in [1.807, 2.05) is 19.2 Å². The second-order valence-electron chi connectivity index (χ2n) is 3.86. The van der Waals surface area contributed by atoms with Gasteiger partial charge in [0.25, 0.3) is 0 Å². The minimum atomic E-state index is 0.830. The third kappa shape index (κ3) is 3.96. The second-order valence-corrected chi connectivity index (χ2v) is 5.83. The van der Waals surface area contributed by atoms with Gasteiger partial charge in [-0.1, -0.05) is 18.7 Å². The van der Waals surface area contributed by atoms with Crippen molar-refractivity contribution in [3.05, 3.63) is 29.8 Å². The predicted octanol–water partition coefficient (Wildman–Crippen LogP) is 3.36. The molecule has 1 N–H and O–H groups in total. The van der Waals surface area contributed by atoms with Gasteiger partial charge >= 0.3 is 0 Å². The first-order valence-corrected chi connectivity index (χ1v) is 7.65. The van der Waals surface area contributed by atoms with Crippen LogP contribution in [0.4, 0.5) is 5.69 Å². The molecular weight excluding hydrogens is 264 g/mol. The Labute approximate surface area is 115 Å². The first-order valence-electron chi connectivity index (χ1n) is 5.90. The van der Waals surface area contributed by atoms with Gasteiger partial charge in [-0.3, -0.25) is 4.98 Å². The molecule has 4 nitrogen and oxygen atoms in total. The number of hydrogen-bond acceptors (Lipinski definition) is 6. The number of aromatic nitrogens is 3. The van der Waals surface area contributed by atoms with Gasteiger partial charge < -0.3 is 5.32 Å². The lowest BCUT2D eigenvalue weighted by molar-refractivity contribution is 0.977. The standard InChI is InChI=1S/C12H16N4S2/c1-3-5-13-10-4-6-14-11(7-10)8-17-12-15-9(2)16-18-12/h4,6-7H,3,5,8H2,1-2H3,(H,13,14). The normalized spacial score (nSPS) is 10.6. The summed E-state index contributed by atoms with van der Waals surface area (Å²) in [6.07, 6.45) is 2.97. The SMILES string of the molecule is CCCNc1ccnc(CSc2nc(C)ns2)c1. The zero-order valence-electron chi connectivity index (χ0n) is 10.5. The van der Waals surface area contributed by atoms with Crippen molar-refractivity contribution in [2.45, 2.75) is 30.4 Å². The summed E-state index contributed by atoms with van der Waals surface area (Å²) >= 11 is 3.13. The largest absolute Gasteiger partial charge is 0.385 e. The Kier molecular flexibility index (Phi) is 4.95. The van der Waals surface area contributed by atoms with E-state index in [-0.39, 0.29) is 0 Å². The van der Waals surface area contributed by atoms with Gasteiger partial charge in [0.05, 0.1) is 5.69 Å². The molecule has 0 radical (unpaired) electrons. The van der Waals surface area contributed by atoms with Gasteiger partial charge in [0.15, 0.2) is 4.34 Å². The molecule has 2 rings (SSSR count). The Morgan fingerprint density at radius 1 is 1.44 bits per heavy atom. The van der Waals surface area contributed by atoms with Crippen LogP contribution in [-0.2, 0) is 5.75 Å². The van der Waals surface area contributed by atoms with Crippen LogP contribution in [0.3, 0.4) is 0 Å². The summed E-state index contributed by atoms with van der Waals surface area (Å²) in [5.41, 5.74) is 2.20. The number of aryl methyl sites for hydroxylation is 1. The molecule has 0 aliphatic heterocycles. The van der Waals surface area contributed by atoms with Crippen molar-refractivity contribution in [2.24, 2.45) is 0 Å².